The molecule has 7 nitrogen and oxygen atoms in total. The highest BCUT2D eigenvalue weighted by molar-refractivity contribution is 6.37. The van der Waals surface area contributed by atoms with Crippen molar-refractivity contribution in [3.8, 4) is 5.75 Å². The van der Waals surface area contributed by atoms with Crippen LogP contribution in [-0.4, -0.2) is 49.3 Å². The van der Waals surface area contributed by atoms with E-state index in [4.69, 9.17) is 9.73 Å². The molecule has 0 aliphatic heterocycles. The first-order chi connectivity index (χ1) is 17.9. The third-order valence-corrected chi connectivity index (χ3v) is 6.36. The van der Waals surface area contributed by atoms with Crippen molar-refractivity contribution in [1.29, 1.82) is 0 Å². The average molecular weight is 498 g/mol. The lowest BCUT2D eigenvalue weighted by Gasteiger charge is -2.23. The summed E-state index contributed by atoms with van der Waals surface area (Å²) in [5.74, 6) is -0.366. The number of nitrogens with one attached hydrogen (secondary N) is 1. The lowest BCUT2D eigenvalue weighted by Crippen LogP contribution is -2.27. The molecular formula is C30H31N3O4. The first-order valence-electron chi connectivity index (χ1n) is 12.2. The molecule has 3 aromatic carbocycles. The van der Waals surface area contributed by atoms with Crippen molar-refractivity contribution in [2.45, 2.75) is 20.8 Å². The quantitative estimate of drug-likeness (QED) is 0.427. The van der Waals surface area contributed by atoms with Crippen molar-refractivity contribution in [3.05, 3.63) is 94.6 Å². The number of ketones is 1. The molecule has 0 atom stereocenters. The summed E-state index contributed by atoms with van der Waals surface area (Å²) in [6, 6.07) is 18.6. The van der Waals surface area contributed by atoms with Crippen molar-refractivity contribution in [2.75, 3.05) is 37.0 Å². The van der Waals surface area contributed by atoms with E-state index in [0.717, 1.165) is 29.0 Å². The van der Waals surface area contributed by atoms with Crippen LogP contribution >= 0.6 is 0 Å². The van der Waals surface area contributed by atoms with Crippen LogP contribution in [0.1, 0.15) is 34.0 Å². The fourth-order valence-corrected chi connectivity index (χ4v) is 4.38. The predicted molar refractivity (Wildman–Crippen MR) is 148 cm³/mol. The smallest absolute Gasteiger partial charge is 0.259 e. The van der Waals surface area contributed by atoms with Crippen LogP contribution in [0.4, 0.5) is 17.1 Å². The van der Waals surface area contributed by atoms with Gasteiger partial charge in [-0.2, -0.15) is 0 Å². The maximum atomic E-state index is 13.3. The van der Waals surface area contributed by atoms with E-state index in [-0.39, 0.29) is 18.0 Å². The number of amides is 1. The molecule has 0 fully saturated rings. The van der Waals surface area contributed by atoms with Gasteiger partial charge in [-0.15, -0.1) is 0 Å². The minimum atomic E-state index is -0.522. The number of benzene rings is 3. The van der Waals surface area contributed by atoms with Crippen LogP contribution in [-0.2, 0) is 4.79 Å². The van der Waals surface area contributed by atoms with Gasteiger partial charge in [0.1, 0.15) is 5.75 Å². The first kappa shape index (κ1) is 25.9. The van der Waals surface area contributed by atoms with Gasteiger partial charge in [0.15, 0.2) is 5.78 Å². The van der Waals surface area contributed by atoms with E-state index in [1.165, 1.54) is 7.11 Å². The van der Waals surface area contributed by atoms with Gasteiger partial charge < -0.3 is 20.1 Å². The number of likely N-dealkylation sites (N-methyl/N-ethyl adjacent to an activating group) is 1. The second kappa shape index (κ2) is 11.2. The van der Waals surface area contributed by atoms with Crippen LogP contribution in [0.25, 0.3) is 0 Å². The molecule has 0 heterocycles. The summed E-state index contributed by atoms with van der Waals surface area (Å²) in [6.07, 6.45) is 1.56. The van der Waals surface area contributed by atoms with E-state index in [2.05, 4.69) is 10.2 Å². The highest BCUT2D eigenvalue weighted by Crippen LogP contribution is 2.30. The van der Waals surface area contributed by atoms with Gasteiger partial charge in [0.2, 0.25) is 0 Å². The molecule has 4 rings (SSSR count). The number of rotatable bonds is 8. The average Bonchev–Trinajstić information content (AvgIpc) is 2.90. The number of ether oxygens (including phenoxy) is 1. The molecular weight excluding hydrogens is 466 g/mol. The summed E-state index contributed by atoms with van der Waals surface area (Å²) in [7, 11) is 1.53. The Labute approximate surface area is 217 Å². The summed E-state index contributed by atoms with van der Waals surface area (Å²) in [5, 5.41) is 12.2. The van der Waals surface area contributed by atoms with Crippen LogP contribution in [0.5, 0.6) is 5.75 Å². The number of carbonyl (C=O) groups is 2. The highest BCUT2D eigenvalue weighted by atomic mass is 16.5. The standard InChI is InChI=1S/C30H31N3O4/c1-5-33(14-15-34)21-11-12-25(20(3)17-21)31-26-18-24(29(35)23-9-7-6-8-22(23)26)30(36)32-27-16-19(2)10-13-28(27)37-4/h6-13,16-18,34H,5,14-15H2,1-4H3,(H,32,36)/b31-26+. The number of allylic oxidation sites excluding steroid dienone is 1. The second-order valence-corrected chi connectivity index (χ2v) is 8.86. The Morgan fingerprint density at radius 2 is 1.81 bits per heavy atom. The molecule has 0 radical (unpaired) electrons. The number of methoxy groups -OCH3 is 1. The van der Waals surface area contributed by atoms with Gasteiger partial charge in [-0.1, -0.05) is 30.3 Å². The minimum Gasteiger partial charge on any atom is -0.495 e. The van der Waals surface area contributed by atoms with Crippen molar-refractivity contribution >= 4 is 34.5 Å². The highest BCUT2D eigenvalue weighted by Gasteiger charge is 2.29. The van der Waals surface area contributed by atoms with Crippen LogP contribution in [0.2, 0.25) is 0 Å². The first-order valence-corrected chi connectivity index (χ1v) is 12.2. The zero-order chi connectivity index (χ0) is 26.5. The van der Waals surface area contributed by atoms with Crippen LogP contribution < -0.4 is 15.0 Å². The number of nitrogens with zero attached hydrogens (tertiary/aromatic N) is 2. The molecule has 0 saturated carbocycles. The Hall–Kier alpha value is -4.23. The molecule has 0 bridgehead atoms. The largest absolute Gasteiger partial charge is 0.495 e. The summed E-state index contributed by atoms with van der Waals surface area (Å²) >= 11 is 0. The summed E-state index contributed by atoms with van der Waals surface area (Å²) in [4.78, 5) is 33.6. The normalized spacial score (nSPS) is 13.7. The van der Waals surface area contributed by atoms with Crippen molar-refractivity contribution in [1.82, 2.24) is 0 Å². The number of aliphatic imine (C=N–C) groups is 1. The van der Waals surface area contributed by atoms with Crippen molar-refractivity contribution < 1.29 is 19.4 Å². The number of anilines is 2. The van der Waals surface area contributed by atoms with Gasteiger partial charge in [-0.25, -0.2) is 4.99 Å². The number of fused-ring (bicyclic) bond motifs is 1. The number of aliphatic hydroxyl groups is 1. The molecule has 1 aliphatic carbocycles. The fraction of sp³-hybridized carbons (Fsp3) is 0.233. The Morgan fingerprint density at radius 1 is 1.05 bits per heavy atom. The molecule has 0 unspecified atom stereocenters. The van der Waals surface area contributed by atoms with Gasteiger partial charge in [0, 0.05) is 29.9 Å². The molecule has 2 N–H and O–H groups in total. The van der Waals surface area contributed by atoms with E-state index in [0.29, 0.717) is 34.8 Å². The maximum absolute atomic E-state index is 13.3. The zero-order valence-corrected chi connectivity index (χ0v) is 21.5. The number of aliphatic hydroxyl groups excluding tert-OH is 1. The molecule has 37 heavy (non-hydrogen) atoms. The minimum absolute atomic E-state index is 0.00962. The van der Waals surface area contributed by atoms with E-state index in [9.17, 15) is 14.7 Å². The van der Waals surface area contributed by atoms with Gasteiger partial charge in [0.25, 0.3) is 5.91 Å². The molecule has 1 amide bonds. The second-order valence-electron chi connectivity index (χ2n) is 8.86. The van der Waals surface area contributed by atoms with E-state index in [1.807, 2.05) is 57.2 Å². The van der Waals surface area contributed by atoms with Crippen LogP contribution in [0, 0.1) is 13.8 Å². The molecule has 0 aromatic heterocycles. The Bertz CT molecular complexity index is 1410. The number of hydrogen-bond acceptors (Lipinski definition) is 6. The van der Waals surface area contributed by atoms with E-state index < -0.39 is 5.91 Å². The monoisotopic (exact) mass is 497 g/mol. The number of aryl methyl sites for hydroxylation is 2. The van der Waals surface area contributed by atoms with E-state index >= 15 is 0 Å². The zero-order valence-electron chi connectivity index (χ0n) is 21.5. The SMILES string of the molecule is CCN(CCO)c1ccc(/N=C2\C=C(C(=O)Nc3cc(C)ccc3OC)C(=O)c3ccccc32)c(C)c1. The Morgan fingerprint density at radius 3 is 2.49 bits per heavy atom. The fourth-order valence-electron chi connectivity index (χ4n) is 4.38. The third kappa shape index (κ3) is 5.47. The lowest BCUT2D eigenvalue weighted by molar-refractivity contribution is -0.112. The predicted octanol–water partition coefficient (Wildman–Crippen LogP) is 5.01. The topological polar surface area (TPSA) is 91.2 Å². The third-order valence-electron chi connectivity index (χ3n) is 6.36. The van der Waals surface area contributed by atoms with Gasteiger partial charge in [-0.05, 0) is 68.3 Å². The molecule has 0 saturated heterocycles. The van der Waals surface area contributed by atoms with Crippen molar-refractivity contribution in [2.24, 2.45) is 4.99 Å². The molecule has 0 spiro atoms. The maximum Gasteiger partial charge on any atom is 0.259 e. The van der Waals surface area contributed by atoms with Gasteiger partial charge >= 0.3 is 0 Å². The van der Waals surface area contributed by atoms with E-state index in [1.54, 1.807) is 30.3 Å². The van der Waals surface area contributed by atoms with Gasteiger partial charge in [0.05, 0.1) is 36.4 Å². The lowest BCUT2D eigenvalue weighted by atomic mass is 9.88. The van der Waals surface area contributed by atoms with Crippen molar-refractivity contribution in [3.63, 3.8) is 0 Å². The number of carbonyl (C=O) groups excluding carboxylic acids is 2. The Balaban J connectivity index is 1.74. The van der Waals surface area contributed by atoms with Crippen LogP contribution in [0.15, 0.2) is 77.3 Å². The molecule has 7 heteroatoms. The molecule has 190 valence electrons. The molecule has 1 aliphatic rings. The number of Topliss-reactive ketones (excluding diaryl/α,β-unsaturated/α-hetero) is 1. The van der Waals surface area contributed by atoms with Crippen LogP contribution in [0.3, 0.4) is 0 Å². The summed E-state index contributed by atoms with van der Waals surface area (Å²) in [5.41, 5.74) is 5.78. The van der Waals surface area contributed by atoms with Gasteiger partial charge in [-0.3, -0.25) is 9.59 Å². The Kier molecular flexibility index (Phi) is 7.84. The summed E-state index contributed by atoms with van der Waals surface area (Å²) < 4.78 is 5.37. The number of hydrogen-bond donors (Lipinski definition) is 2. The molecule has 3 aromatic rings. The summed E-state index contributed by atoms with van der Waals surface area (Å²) in [6.45, 7) is 7.32.